The van der Waals surface area contributed by atoms with E-state index in [4.69, 9.17) is 5.11 Å². The van der Waals surface area contributed by atoms with E-state index in [0.717, 1.165) is 18.3 Å². The van der Waals surface area contributed by atoms with E-state index < -0.39 is 30.3 Å². The lowest BCUT2D eigenvalue weighted by molar-refractivity contribution is -0.274. The maximum absolute atomic E-state index is 13.7. The molecular weight excluding hydrogens is 306 g/mol. The third-order valence-corrected chi connectivity index (χ3v) is 2.73. The first-order valence-electron chi connectivity index (χ1n) is 5.96. The molecule has 0 aliphatic heterocycles. The van der Waals surface area contributed by atoms with Crippen molar-refractivity contribution < 1.29 is 32.2 Å². The number of alkyl halides is 3. The lowest BCUT2D eigenvalue weighted by Gasteiger charge is -2.11. The molecule has 1 heterocycles. The quantitative estimate of drug-likeness (QED) is 0.878. The van der Waals surface area contributed by atoms with Crippen LogP contribution in [0.4, 0.5) is 17.6 Å². The molecule has 0 unspecified atom stereocenters. The largest absolute Gasteiger partial charge is 0.573 e. The highest BCUT2D eigenvalue weighted by Gasteiger charge is 2.31. The van der Waals surface area contributed by atoms with Crippen molar-refractivity contribution in [3.63, 3.8) is 0 Å². The van der Waals surface area contributed by atoms with Gasteiger partial charge in [-0.25, -0.2) is 4.39 Å². The molecular formula is C14H9F4NO3. The molecule has 0 bridgehead atoms. The zero-order valence-corrected chi connectivity index (χ0v) is 10.9. The normalized spacial score (nSPS) is 11.3. The Morgan fingerprint density at radius 1 is 1.18 bits per heavy atom. The van der Waals surface area contributed by atoms with E-state index in [0.29, 0.717) is 5.56 Å². The maximum atomic E-state index is 13.7. The molecule has 0 saturated carbocycles. The minimum atomic E-state index is -4.81. The van der Waals surface area contributed by atoms with Crippen LogP contribution in [0.3, 0.4) is 0 Å². The van der Waals surface area contributed by atoms with Crippen molar-refractivity contribution in [2.24, 2.45) is 0 Å². The van der Waals surface area contributed by atoms with Gasteiger partial charge < -0.3 is 9.84 Å². The molecule has 22 heavy (non-hydrogen) atoms. The van der Waals surface area contributed by atoms with Gasteiger partial charge in [0.25, 0.3) is 0 Å². The fourth-order valence-corrected chi connectivity index (χ4v) is 1.88. The number of halogens is 4. The SMILES string of the molecule is O=C(O)Cc1c(F)cncc1-c1ccc(OC(F)(F)F)cc1. The predicted octanol–water partition coefficient (Wildman–Crippen LogP) is 3.41. The number of carboxylic acids is 1. The number of ether oxygens (including phenoxy) is 1. The van der Waals surface area contributed by atoms with Crippen LogP contribution in [0.5, 0.6) is 5.75 Å². The Hall–Kier alpha value is -2.64. The van der Waals surface area contributed by atoms with Crippen molar-refractivity contribution in [1.82, 2.24) is 4.98 Å². The van der Waals surface area contributed by atoms with Crippen molar-refractivity contribution in [3.05, 3.63) is 48.0 Å². The van der Waals surface area contributed by atoms with Crippen molar-refractivity contribution in [2.75, 3.05) is 0 Å². The van der Waals surface area contributed by atoms with Crippen molar-refractivity contribution >= 4 is 5.97 Å². The van der Waals surface area contributed by atoms with Gasteiger partial charge in [0.2, 0.25) is 0 Å². The maximum Gasteiger partial charge on any atom is 0.573 e. The van der Waals surface area contributed by atoms with Crippen LogP contribution in [0.15, 0.2) is 36.7 Å². The molecule has 1 N–H and O–H groups in total. The van der Waals surface area contributed by atoms with E-state index in [9.17, 15) is 22.4 Å². The zero-order chi connectivity index (χ0) is 16.3. The number of carboxylic acid groups (broad SMARTS) is 1. The molecule has 4 nitrogen and oxygen atoms in total. The minimum Gasteiger partial charge on any atom is -0.481 e. The lowest BCUT2D eigenvalue weighted by atomic mass is 9.99. The monoisotopic (exact) mass is 315 g/mol. The van der Waals surface area contributed by atoms with Crippen LogP contribution in [-0.2, 0) is 11.2 Å². The first-order chi connectivity index (χ1) is 10.3. The highest BCUT2D eigenvalue weighted by molar-refractivity contribution is 5.76. The number of carbonyl (C=O) groups is 1. The number of rotatable bonds is 4. The van der Waals surface area contributed by atoms with Gasteiger partial charge in [-0.1, -0.05) is 12.1 Å². The van der Waals surface area contributed by atoms with Crippen molar-refractivity contribution in [1.29, 1.82) is 0 Å². The van der Waals surface area contributed by atoms with Gasteiger partial charge in [-0.2, -0.15) is 0 Å². The van der Waals surface area contributed by atoms with Gasteiger partial charge in [-0.05, 0) is 17.7 Å². The Morgan fingerprint density at radius 3 is 2.36 bits per heavy atom. The molecule has 0 atom stereocenters. The summed E-state index contributed by atoms with van der Waals surface area (Å²) in [4.78, 5) is 14.4. The molecule has 1 aromatic heterocycles. The standard InChI is InChI=1S/C14H9F4NO3/c15-12-7-19-6-11(10(12)5-13(20)21)8-1-3-9(4-2-8)22-14(16,17)18/h1-4,6-7H,5H2,(H,20,21). The highest BCUT2D eigenvalue weighted by Crippen LogP contribution is 2.29. The second-order valence-corrected chi connectivity index (χ2v) is 4.29. The Labute approximate surface area is 122 Å². The second kappa shape index (κ2) is 6.00. The third kappa shape index (κ3) is 3.94. The Morgan fingerprint density at radius 2 is 1.82 bits per heavy atom. The molecule has 1 aromatic carbocycles. The molecule has 0 fully saturated rings. The van der Waals surface area contributed by atoms with Crippen LogP contribution in [0.2, 0.25) is 0 Å². The summed E-state index contributed by atoms with van der Waals surface area (Å²) >= 11 is 0. The van der Waals surface area contributed by atoms with Gasteiger partial charge in [0.15, 0.2) is 0 Å². The molecule has 0 radical (unpaired) electrons. The van der Waals surface area contributed by atoms with Gasteiger partial charge in [-0.15, -0.1) is 13.2 Å². The summed E-state index contributed by atoms with van der Waals surface area (Å²) in [6.07, 6.45) is -3.25. The van der Waals surface area contributed by atoms with E-state index >= 15 is 0 Å². The van der Waals surface area contributed by atoms with Gasteiger partial charge >= 0.3 is 12.3 Å². The Balaban J connectivity index is 2.36. The summed E-state index contributed by atoms with van der Waals surface area (Å²) in [6.45, 7) is 0. The number of hydrogen-bond donors (Lipinski definition) is 1. The van der Waals surface area contributed by atoms with Gasteiger partial charge in [-0.3, -0.25) is 9.78 Å². The summed E-state index contributed by atoms with van der Waals surface area (Å²) in [7, 11) is 0. The smallest absolute Gasteiger partial charge is 0.481 e. The molecule has 2 rings (SSSR count). The average molecular weight is 315 g/mol. The van der Waals surface area contributed by atoms with Gasteiger partial charge in [0.1, 0.15) is 11.6 Å². The summed E-state index contributed by atoms with van der Waals surface area (Å²) in [5.74, 6) is -2.46. The Kier molecular flexibility index (Phi) is 4.30. The number of aliphatic carboxylic acids is 1. The van der Waals surface area contributed by atoms with Gasteiger partial charge in [0.05, 0.1) is 12.6 Å². The van der Waals surface area contributed by atoms with Crippen LogP contribution >= 0.6 is 0 Å². The van der Waals surface area contributed by atoms with E-state index in [2.05, 4.69) is 9.72 Å². The van der Waals surface area contributed by atoms with E-state index in [1.54, 1.807) is 0 Å². The van der Waals surface area contributed by atoms with E-state index in [-0.39, 0.29) is 11.1 Å². The van der Waals surface area contributed by atoms with Crippen molar-refractivity contribution in [2.45, 2.75) is 12.8 Å². The number of aromatic nitrogens is 1. The molecule has 0 aliphatic rings. The number of benzene rings is 1. The van der Waals surface area contributed by atoms with Gasteiger partial charge in [0, 0.05) is 17.3 Å². The van der Waals surface area contributed by atoms with Crippen molar-refractivity contribution in [3.8, 4) is 16.9 Å². The highest BCUT2D eigenvalue weighted by atomic mass is 19.4. The Bertz CT molecular complexity index is 683. The van der Waals surface area contributed by atoms with Crippen LogP contribution < -0.4 is 4.74 Å². The predicted molar refractivity (Wildman–Crippen MR) is 67.7 cm³/mol. The molecule has 0 aliphatic carbocycles. The minimum absolute atomic E-state index is 0.0908. The first-order valence-corrected chi connectivity index (χ1v) is 5.96. The van der Waals surface area contributed by atoms with Crippen LogP contribution in [0.1, 0.15) is 5.56 Å². The fraction of sp³-hybridized carbons (Fsp3) is 0.143. The summed E-state index contributed by atoms with van der Waals surface area (Å²) in [5, 5.41) is 8.80. The summed E-state index contributed by atoms with van der Waals surface area (Å²) in [6, 6.07) is 4.64. The molecule has 0 spiro atoms. The number of pyridine rings is 1. The fourth-order valence-electron chi connectivity index (χ4n) is 1.88. The summed E-state index contributed by atoms with van der Waals surface area (Å²) in [5.41, 5.74) is 0.436. The van der Waals surface area contributed by atoms with E-state index in [1.165, 1.54) is 18.3 Å². The number of hydrogen-bond acceptors (Lipinski definition) is 3. The number of nitrogens with zero attached hydrogens (tertiary/aromatic N) is 1. The first kappa shape index (κ1) is 15.7. The molecule has 0 amide bonds. The second-order valence-electron chi connectivity index (χ2n) is 4.29. The molecule has 2 aromatic rings. The van der Waals surface area contributed by atoms with Crippen LogP contribution in [0, 0.1) is 5.82 Å². The molecule has 0 saturated heterocycles. The third-order valence-electron chi connectivity index (χ3n) is 2.73. The average Bonchev–Trinajstić information content (AvgIpc) is 2.40. The van der Waals surface area contributed by atoms with Crippen LogP contribution in [0.25, 0.3) is 11.1 Å². The lowest BCUT2D eigenvalue weighted by Crippen LogP contribution is -2.16. The zero-order valence-electron chi connectivity index (χ0n) is 10.9. The van der Waals surface area contributed by atoms with Crippen LogP contribution in [-0.4, -0.2) is 22.4 Å². The topological polar surface area (TPSA) is 59.4 Å². The molecule has 8 heteroatoms. The summed E-state index contributed by atoms with van der Waals surface area (Å²) < 4.78 is 53.7. The molecule has 116 valence electrons. The van der Waals surface area contributed by atoms with E-state index in [1.807, 2.05) is 0 Å².